The van der Waals surface area contributed by atoms with Gasteiger partial charge in [0.15, 0.2) is 0 Å². The maximum absolute atomic E-state index is 3.57. The molecule has 0 amide bonds. The third-order valence-electron chi connectivity index (χ3n) is 4.27. The Morgan fingerprint density at radius 3 is 2.75 bits per heavy atom. The molecule has 3 unspecified atom stereocenters. The zero-order valence-corrected chi connectivity index (χ0v) is 9.73. The molecule has 0 saturated heterocycles. The number of rotatable bonds is 1. The van der Waals surface area contributed by atoms with E-state index in [4.69, 9.17) is 0 Å². The van der Waals surface area contributed by atoms with Crippen LogP contribution in [-0.4, -0.2) is 0 Å². The minimum atomic E-state index is 0.772. The summed E-state index contributed by atoms with van der Waals surface area (Å²) in [5.74, 6) is 2.49. The summed E-state index contributed by atoms with van der Waals surface area (Å²) in [6.07, 6.45) is 12.6. The van der Waals surface area contributed by atoms with Crippen LogP contribution in [0.3, 0.4) is 0 Å². The predicted molar refractivity (Wildman–Crippen MR) is 67.1 cm³/mol. The van der Waals surface area contributed by atoms with Crippen LogP contribution in [0.2, 0.25) is 0 Å². The molecule has 1 aromatic rings. The van der Waals surface area contributed by atoms with Gasteiger partial charge in [-0.2, -0.15) is 0 Å². The number of allylic oxidation sites excluding steroid dienone is 2. The number of hydrogen-bond acceptors (Lipinski definition) is 0. The van der Waals surface area contributed by atoms with Crippen molar-refractivity contribution in [3.63, 3.8) is 0 Å². The summed E-state index contributed by atoms with van der Waals surface area (Å²) in [5.41, 5.74) is 1.55. The molecular weight excluding hydrogens is 192 g/mol. The molecule has 2 aliphatic rings. The van der Waals surface area contributed by atoms with Gasteiger partial charge in [-0.3, -0.25) is 0 Å². The standard InChI is InChI=1S/C16H19/c1-2-6-13(7-3-1)16-11-10-14-8-4-5-9-15(14)12-16/h1-4,6-7,14-16H,5,9-12H2. The molecule has 0 N–H and O–H groups in total. The highest BCUT2D eigenvalue weighted by Gasteiger charge is 2.30. The van der Waals surface area contributed by atoms with Gasteiger partial charge >= 0.3 is 0 Å². The van der Waals surface area contributed by atoms with Crippen LogP contribution in [-0.2, 0) is 0 Å². The van der Waals surface area contributed by atoms with E-state index in [0.29, 0.717) is 0 Å². The van der Waals surface area contributed by atoms with Crippen molar-refractivity contribution >= 4 is 0 Å². The summed E-state index contributed by atoms with van der Waals surface area (Å²) < 4.78 is 0. The van der Waals surface area contributed by atoms with E-state index >= 15 is 0 Å². The van der Waals surface area contributed by atoms with Crippen molar-refractivity contribution in [1.82, 2.24) is 0 Å². The molecule has 1 radical (unpaired) electrons. The van der Waals surface area contributed by atoms with E-state index in [9.17, 15) is 0 Å². The van der Waals surface area contributed by atoms with E-state index in [-0.39, 0.29) is 0 Å². The summed E-state index contributed by atoms with van der Waals surface area (Å²) in [5, 5.41) is 0. The maximum atomic E-state index is 3.57. The summed E-state index contributed by atoms with van der Waals surface area (Å²) >= 11 is 0. The molecule has 0 nitrogen and oxygen atoms in total. The molecule has 1 saturated carbocycles. The Balaban J connectivity index is 1.74. The van der Waals surface area contributed by atoms with Crippen molar-refractivity contribution in [1.29, 1.82) is 0 Å². The van der Waals surface area contributed by atoms with Crippen LogP contribution in [0.5, 0.6) is 0 Å². The van der Waals surface area contributed by atoms with Gasteiger partial charge in [-0.25, -0.2) is 0 Å². The fraction of sp³-hybridized carbons (Fsp3) is 0.500. The maximum Gasteiger partial charge on any atom is -0.0134 e. The molecule has 0 aliphatic heterocycles. The molecule has 0 heteroatoms. The van der Waals surface area contributed by atoms with Gasteiger partial charge in [0.2, 0.25) is 0 Å². The lowest BCUT2D eigenvalue weighted by molar-refractivity contribution is 0.228. The third-order valence-corrected chi connectivity index (χ3v) is 4.27. The molecule has 3 atom stereocenters. The Labute approximate surface area is 98.4 Å². The van der Waals surface area contributed by atoms with E-state index in [1.807, 2.05) is 0 Å². The second kappa shape index (κ2) is 4.45. The molecule has 16 heavy (non-hydrogen) atoms. The van der Waals surface area contributed by atoms with Crippen LogP contribution in [0.15, 0.2) is 36.4 Å². The molecule has 0 bridgehead atoms. The van der Waals surface area contributed by atoms with Crippen molar-refractivity contribution in [2.75, 3.05) is 0 Å². The first kappa shape index (κ1) is 10.1. The number of benzene rings is 1. The molecule has 83 valence electrons. The molecule has 1 fully saturated rings. The average Bonchev–Trinajstić information content (AvgIpc) is 2.39. The van der Waals surface area contributed by atoms with Crippen molar-refractivity contribution < 1.29 is 0 Å². The average molecular weight is 211 g/mol. The summed E-state index contributed by atoms with van der Waals surface area (Å²) in [6.45, 7) is 0. The van der Waals surface area contributed by atoms with Gasteiger partial charge in [0.25, 0.3) is 0 Å². The number of hydrogen-bond donors (Lipinski definition) is 0. The molecule has 0 heterocycles. The van der Waals surface area contributed by atoms with E-state index in [0.717, 1.165) is 17.8 Å². The molecule has 2 aliphatic carbocycles. The van der Waals surface area contributed by atoms with Gasteiger partial charge in [0.05, 0.1) is 0 Å². The molecular formula is C16H19. The zero-order valence-electron chi connectivity index (χ0n) is 9.73. The summed E-state index contributed by atoms with van der Waals surface area (Å²) in [6, 6.07) is 11.1. The first-order valence-electron chi connectivity index (χ1n) is 6.56. The van der Waals surface area contributed by atoms with Gasteiger partial charge < -0.3 is 0 Å². The topological polar surface area (TPSA) is 0 Å². The Morgan fingerprint density at radius 1 is 1.00 bits per heavy atom. The Bertz CT molecular complexity index is 363. The quantitative estimate of drug-likeness (QED) is 0.648. The highest BCUT2D eigenvalue weighted by molar-refractivity contribution is 5.20. The van der Waals surface area contributed by atoms with E-state index in [1.165, 1.54) is 32.1 Å². The van der Waals surface area contributed by atoms with Crippen LogP contribution in [0.25, 0.3) is 0 Å². The van der Waals surface area contributed by atoms with Crippen LogP contribution in [0.1, 0.15) is 43.6 Å². The Morgan fingerprint density at radius 2 is 1.88 bits per heavy atom. The largest absolute Gasteiger partial charge is 0.0807 e. The molecule has 0 aromatic heterocycles. The SMILES string of the molecule is [C]1=CCCC2CC(c3ccccc3)CCC12. The minimum Gasteiger partial charge on any atom is -0.0807 e. The monoisotopic (exact) mass is 211 g/mol. The normalized spacial score (nSPS) is 33.4. The smallest absolute Gasteiger partial charge is 0.0134 e. The van der Waals surface area contributed by atoms with Crippen molar-refractivity contribution in [2.45, 2.75) is 38.0 Å². The van der Waals surface area contributed by atoms with Gasteiger partial charge in [0.1, 0.15) is 0 Å². The van der Waals surface area contributed by atoms with Crippen LogP contribution < -0.4 is 0 Å². The lowest BCUT2D eigenvalue weighted by Crippen LogP contribution is -2.24. The minimum absolute atomic E-state index is 0.772. The van der Waals surface area contributed by atoms with Crippen molar-refractivity contribution in [3.05, 3.63) is 48.0 Å². The molecule has 3 rings (SSSR count). The lowest BCUT2D eigenvalue weighted by atomic mass is 9.68. The predicted octanol–water partition coefficient (Wildman–Crippen LogP) is 4.34. The Hall–Kier alpha value is -1.04. The first-order chi connectivity index (χ1) is 7.93. The summed E-state index contributed by atoms with van der Waals surface area (Å²) in [4.78, 5) is 0. The van der Waals surface area contributed by atoms with Crippen LogP contribution in [0.4, 0.5) is 0 Å². The first-order valence-corrected chi connectivity index (χ1v) is 6.56. The fourth-order valence-corrected chi connectivity index (χ4v) is 3.36. The second-order valence-corrected chi connectivity index (χ2v) is 5.24. The Kier molecular flexibility index (Phi) is 2.82. The van der Waals surface area contributed by atoms with E-state index in [2.05, 4.69) is 42.5 Å². The van der Waals surface area contributed by atoms with Crippen LogP contribution >= 0.6 is 0 Å². The lowest BCUT2D eigenvalue weighted by Gasteiger charge is -2.36. The fourth-order valence-electron chi connectivity index (χ4n) is 3.36. The highest BCUT2D eigenvalue weighted by atomic mass is 14.3. The van der Waals surface area contributed by atoms with Gasteiger partial charge in [-0.15, -0.1) is 0 Å². The summed E-state index contributed by atoms with van der Waals surface area (Å²) in [7, 11) is 0. The van der Waals surface area contributed by atoms with Gasteiger partial charge in [0, 0.05) is 0 Å². The van der Waals surface area contributed by atoms with Crippen molar-refractivity contribution in [2.24, 2.45) is 11.8 Å². The molecule has 1 aromatic carbocycles. The molecule has 0 spiro atoms. The second-order valence-electron chi connectivity index (χ2n) is 5.24. The van der Waals surface area contributed by atoms with E-state index < -0.39 is 0 Å². The van der Waals surface area contributed by atoms with Crippen LogP contribution in [0, 0.1) is 17.9 Å². The number of fused-ring (bicyclic) bond motifs is 1. The van der Waals surface area contributed by atoms with Gasteiger partial charge in [-0.05, 0) is 61.5 Å². The third kappa shape index (κ3) is 1.93. The van der Waals surface area contributed by atoms with Gasteiger partial charge in [-0.1, -0.05) is 36.4 Å². The highest BCUT2D eigenvalue weighted by Crippen LogP contribution is 2.43. The van der Waals surface area contributed by atoms with Crippen molar-refractivity contribution in [3.8, 4) is 0 Å². The van der Waals surface area contributed by atoms with E-state index in [1.54, 1.807) is 5.56 Å². The zero-order chi connectivity index (χ0) is 10.8.